The fourth-order valence-corrected chi connectivity index (χ4v) is 2.01. The van der Waals surface area contributed by atoms with Crippen LogP contribution in [-0.4, -0.2) is 24.7 Å². The topological polar surface area (TPSA) is 125 Å². The van der Waals surface area contributed by atoms with Crippen LogP contribution in [0.25, 0.3) is 0 Å². The zero-order valence-corrected chi connectivity index (χ0v) is 11.5. The molecule has 1 aromatic heterocycles. The molecular weight excluding hydrogens is 410 g/mol. The molecule has 106 valence electrons. The molecule has 0 aliphatic carbocycles. The Bertz CT molecular complexity index is 632. The predicted molar refractivity (Wildman–Crippen MR) is 61.7 cm³/mol. The van der Waals surface area contributed by atoms with Gasteiger partial charge in [0.1, 0.15) is 0 Å². The van der Waals surface area contributed by atoms with Gasteiger partial charge in [0.25, 0.3) is 15.0 Å². The SMILES string of the molecule is NS(=O)(=O)c1cc(OC(F)(F)F)c(I)c([N+](=O)[O-])n1. The van der Waals surface area contributed by atoms with Gasteiger partial charge in [-0.25, -0.2) is 13.6 Å². The third-order valence-electron chi connectivity index (χ3n) is 1.57. The highest BCUT2D eigenvalue weighted by Gasteiger charge is 2.36. The summed E-state index contributed by atoms with van der Waals surface area (Å²) in [4.78, 5) is 12.5. The van der Waals surface area contributed by atoms with Crippen LogP contribution in [0.3, 0.4) is 0 Å². The summed E-state index contributed by atoms with van der Waals surface area (Å²) < 4.78 is 61.1. The van der Waals surface area contributed by atoms with Gasteiger partial charge >= 0.3 is 12.2 Å². The predicted octanol–water partition coefficient (Wildman–Crippen LogP) is 1.14. The maximum Gasteiger partial charge on any atom is 0.573 e. The van der Waals surface area contributed by atoms with Crippen molar-refractivity contribution in [1.82, 2.24) is 4.98 Å². The number of rotatable bonds is 3. The van der Waals surface area contributed by atoms with E-state index < -0.39 is 41.5 Å². The molecule has 0 atom stereocenters. The smallest absolute Gasteiger partial charge is 0.404 e. The van der Waals surface area contributed by atoms with Crippen molar-refractivity contribution >= 4 is 38.4 Å². The van der Waals surface area contributed by atoms with Crippen LogP contribution in [0.1, 0.15) is 0 Å². The molecule has 0 aromatic carbocycles. The highest BCUT2D eigenvalue weighted by molar-refractivity contribution is 14.1. The van der Waals surface area contributed by atoms with Gasteiger partial charge in [-0.2, -0.15) is 0 Å². The third-order valence-corrected chi connectivity index (χ3v) is 3.38. The Hall–Kier alpha value is -1.22. The highest BCUT2D eigenvalue weighted by atomic mass is 127. The first-order chi connectivity index (χ1) is 8.42. The molecule has 0 amide bonds. The Morgan fingerprint density at radius 3 is 2.37 bits per heavy atom. The van der Waals surface area contributed by atoms with Crippen LogP contribution in [0.4, 0.5) is 19.0 Å². The lowest BCUT2D eigenvalue weighted by Gasteiger charge is -2.10. The Labute approximate surface area is 117 Å². The Kier molecular flexibility index (Phi) is 4.20. The van der Waals surface area contributed by atoms with E-state index in [1.54, 1.807) is 0 Å². The van der Waals surface area contributed by atoms with Crippen molar-refractivity contribution in [2.75, 3.05) is 0 Å². The van der Waals surface area contributed by atoms with Crippen LogP contribution < -0.4 is 9.88 Å². The number of primary sulfonamides is 1. The Morgan fingerprint density at radius 1 is 1.47 bits per heavy atom. The number of alkyl halides is 3. The van der Waals surface area contributed by atoms with Crippen molar-refractivity contribution in [2.24, 2.45) is 5.14 Å². The van der Waals surface area contributed by atoms with Gasteiger partial charge in [-0.05, 0) is 32.5 Å². The van der Waals surface area contributed by atoms with E-state index in [-0.39, 0.29) is 0 Å². The zero-order valence-electron chi connectivity index (χ0n) is 8.51. The van der Waals surface area contributed by atoms with Crippen LogP contribution >= 0.6 is 22.6 Å². The van der Waals surface area contributed by atoms with Gasteiger partial charge in [0.2, 0.25) is 0 Å². The monoisotopic (exact) mass is 413 g/mol. The summed E-state index contributed by atoms with van der Waals surface area (Å²) in [5, 5.41) is 14.1. The first-order valence-electron chi connectivity index (χ1n) is 4.05. The van der Waals surface area contributed by atoms with Gasteiger partial charge in [-0.15, -0.1) is 13.2 Å². The maximum absolute atomic E-state index is 12.1. The number of halogens is 4. The quantitative estimate of drug-likeness (QED) is 0.450. The minimum absolute atomic E-state index is 0.359. The molecule has 19 heavy (non-hydrogen) atoms. The first-order valence-corrected chi connectivity index (χ1v) is 6.68. The molecule has 8 nitrogen and oxygen atoms in total. The van der Waals surface area contributed by atoms with E-state index in [1.165, 1.54) is 22.6 Å². The van der Waals surface area contributed by atoms with Crippen LogP contribution in [-0.2, 0) is 10.0 Å². The Morgan fingerprint density at radius 2 is 2.00 bits per heavy atom. The van der Waals surface area contributed by atoms with E-state index in [1.807, 2.05) is 0 Å². The molecule has 1 aromatic rings. The van der Waals surface area contributed by atoms with Crippen molar-refractivity contribution < 1.29 is 31.2 Å². The van der Waals surface area contributed by atoms with Gasteiger partial charge in [0.15, 0.2) is 9.32 Å². The summed E-state index contributed by atoms with van der Waals surface area (Å²) in [5.41, 5.74) is 0. The molecule has 1 rings (SSSR count). The molecule has 0 saturated carbocycles. The van der Waals surface area contributed by atoms with Crippen molar-refractivity contribution in [1.29, 1.82) is 0 Å². The van der Waals surface area contributed by atoms with Crippen LogP contribution in [0.5, 0.6) is 5.75 Å². The van der Waals surface area contributed by atoms with E-state index >= 15 is 0 Å². The molecule has 0 saturated heterocycles. The molecule has 13 heteroatoms. The number of hydrogen-bond donors (Lipinski definition) is 1. The summed E-state index contributed by atoms with van der Waals surface area (Å²) >= 11 is 1.18. The minimum atomic E-state index is -5.15. The number of nitrogens with two attached hydrogens (primary N) is 1. The second-order valence-corrected chi connectivity index (χ2v) is 5.53. The Balaban J connectivity index is 3.54. The molecule has 2 N–H and O–H groups in total. The van der Waals surface area contributed by atoms with Gasteiger partial charge in [0, 0.05) is 6.07 Å². The number of ether oxygens (including phenoxy) is 1. The minimum Gasteiger partial charge on any atom is -0.404 e. The van der Waals surface area contributed by atoms with Crippen molar-refractivity contribution in [3.8, 4) is 5.75 Å². The summed E-state index contributed by atoms with van der Waals surface area (Å²) in [6.45, 7) is 0. The molecule has 0 aliphatic heterocycles. The fraction of sp³-hybridized carbons (Fsp3) is 0.167. The lowest BCUT2D eigenvalue weighted by atomic mass is 10.4. The van der Waals surface area contributed by atoms with E-state index in [0.717, 1.165) is 0 Å². The van der Waals surface area contributed by atoms with E-state index in [4.69, 9.17) is 0 Å². The standard InChI is InChI=1S/C6H3F3IN3O5S/c7-6(8,9)18-2-1-3(19(11,16)17)12-5(4(2)10)13(14)15/h1H,(H2,11,16,17). The van der Waals surface area contributed by atoms with Crippen LogP contribution in [0, 0.1) is 13.7 Å². The van der Waals surface area contributed by atoms with Gasteiger partial charge in [-0.3, -0.25) is 0 Å². The van der Waals surface area contributed by atoms with Crippen molar-refractivity contribution in [2.45, 2.75) is 11.4 Å². The number of sulfonamides is 1. The number of pyridine rings is 1. The molecule has 0 radical (unpaired) electrons. The van der Waals surface area contributed by atoms with E-state index in [0.29, 0.717) is 6.07 Å². The van der Waals surface area contributed by atoms with Crippen molar-refractivity contribution in [3.05, 3.63) is 19.8 Å². The summed E-state index contributed by atoms with van der Waals surface area (Å²) in [6, 6.07) is 0.359. The molecule has 0 fully saturated rings. The zero-order chi connectivity index (χ0) is 15.0. The highest BCUT2D eigenvalue weighted by Crippen LogP contribution is 2.33. The second kappa shape index (κ2) is 5.04. The van der Waals surface area contributed by atoms with Crippen LogP contribution in [0.2, 0.25) is 0 Å². The molecular formula is C6H3F3IN3O5S. The fourth-order valence-electron chi connectivity index (χ4n) is 0.937. The first kappa shape index (κ1) is 15.8. The van der Waals surface area contributed by atoms with Crippen molar-refractivity contribution in [3.63, 3.8) is 0 Å². The normalized spacial score (nSPS) is 12.3. The van der Waals surface area contributed by atoms with Gasteiger partial charge in [-0.1, -0.05) is 0 Å². The largest absolute Gasteiger partial charge is 0.573 e. The average Bonchev–Trinajstić information content (AvgIpc) is 2.16. The third kappa shape index (κ3) is 4.13. The van der Waals surface area contributed by atoms with E-state index in [2.05, 4.69) is 14.9 Å². The number of nitro groups is 1. The van der Waals surface area contributed by atoms with Gasteiger partial charge < -0.3 is 14.9 Å². The summed E-state index contributed by atoms with van der Waals surface area (Å²) in [5.74, 6) is -2.18. The van der Waals surface area contributed by atoms with Gasteiger partial charge in [0.05, 0.1) is 0 Å². The van der Waals surface area contributed by atoms with E-state index in [9.17, 15) is 31.7 Å². The molecule has 0 unspecified atom stereocenters. The average molecular weight is 413 g/mol. The number of nitrogens with zero attached hydrogens (tertiary/aromatic N) is 2. The number of hydrogen-bond acceptors (Lipinski definition) is 6. The lowest BCUT2D eigenvalue weighted by molar-refractivity contribution is -0.391. The molecule has 0 bridgehead atoms. The summed E-state index contributed by atoms with van der Waals surface area (Å²) in [6.07, 6.45) is -5.15. The molecule has 0 aliphatic rings. The van der Waals surface area contributed by atoms with Crippen LogP contribution in [0.15, 0.2) is 11.1 Å². The summed E-state index contributed by atoms with van der Waals surface area (Å²) in [7, 11) is -4.52. The molecule has 0 spiro atoms. The maximum atomic E-state index is 12.1. The number of aromatic nitrogens is 1. The molecule has 1 heterocycles. The lowest BCUT2D eigenvalue weighted by Crippen LogP contribution is -2.20. The second-order valence-electron chi connectivity index (χ2n) is 2.95.